The summed E-state index contributed by atoms with van der Waals surface area (Å²) in [6.45, 7) is 7.39. The van der Waals surface area contributed by atoms with Gasteiger partial charge in [-0.25, -0.2) is 9.59 Å². The Kier molecular flexibility index (Phi) is 12.5. The van der Waals surface area contributed by atoms with Crippen molar-refractivity contribution >= 4 is 42.3 Å². The van der Waals surface area contributed by atoms with E-state index in [0.717, 1.165) is 17.5 Å². The molecule has 5 N–H and O–H groups in total. The van der Waals surface area contributed by atoms with Gasteiger partial charge in [0.15, 0.2) is 5.78 Å². The van der Waals surface area contributed by atoms with E-state index >= 15 is 0 Å². The second-order valence-electron chi connectivity index (χ2n) is 10.6. The van der Waals surface area contributed by atoms with Crippen LogP contribution in [0, 0.1) is 11.8 Å². The van der Waals surface area contributed by atoms with Gasteiger partial charge in [-0.2, -0.15) is 0 Å². The number of nitrogens with two attached hydrogens (primary N) is 2. The maximum Gasteiger partial charge on any atom is 0.328 e. The van der Waals surface area contributed by atoms with Gasteiger partial charge in [0.2, 0.25) is 0 Å². The van der Waals surface area contributed by atoms with E-state index in [4.69, 9.17) is 20.9 Å². The molecule has 2 aromatic carbocycles. The van der Waals surface area contributed by atoms with Crippen LogP contribution < -0.4 is 20.9 Å². The molecule has 0 saturated heterocycles. The zero-order valence-electron chi connectivity index (χ0n) is 23.8. The lowest BCUT2D eigenvalue weighted by atomic mass is 9.89. The number of ketones is 1. The number of carbonyl (C=O) groups is 3. The van der Waals surface area contributed by atoms with Gasteiger partial charge >= 0.3 is 11.9 Å². The van der Waals surface area contributed by atoms with Gasteiger partial charge in [-0.3, -0.25) is 4.79 Å². The van der Waals surface area contributed by atoms with Crippen molar-refractivity contribution < 1.29 is 29.0 Å². The second kappa shape index (κ2) is 15.3. The molecule has 0 heterocycles. The lowest BCUT2D eigenvalue weighted by Crippen LogP contribution is -2.38. The van der Waals surface area contributed by atoms with Crippen molar-refractivity contribution in [1.29, 1.82) is 0 Å². The standard InChI is InChI=1S/C32H38N2O6.ClH/c1-19(2)28(33)31(37)39-24-13-8-21(9-14-24)12-17-27(35)26-7-5-6-23(30(26)36)18-22-10-15-25(16-11-22)40-32(38)29(34)20(3)4;/h8-20,28-29,36H,5-7,33-34H2,1-4H3;1H/b17-12+,23-18+;/t28-,29-;/m0./s1. The van der Waals surface area contributed by atoms with E-state index in [1.165, 1.54) is 6.08 Å². The molecule has 0 fully saturated rings. The summed E-state index contributed by atoms with van der Waals surface area (Å²) in [7, 11) is 0. The van der Waals surface area contributed by atoms with Gasteiger partial charge in [0, 0.05) is 5.57 Å². The normalized spacial score (nSPS) is 16.0. The van der Waals surface area contributed by atoms with Crippen molar-refractivity contribution in [3.8, 4) is 11.5 Å². The summed E-state index contributed by atoms with van der Waals surface area (Å²) in [4.78, 5) is 37.0. The third kappa shape index (κ3) is 9.42. The predicted molar refractivity (Wildman–Crippen MR) is 163 cm³/mol. The van der Waals surface area contributed by atoms with Crippen LogP contribution in [0.3, 0.4) is 0 Å². The summed E-state index contributed by atoms with van der Waals surface area (Å²) in [5.74, 6) is -0.578. The molecule has 0 spiro atoms. The molecule has 0 aliphatic heterocycles. The average molecular weight is 583 g/mol. The Balaban J connectivity index is 0.00000588. The highest BCUT2D eigenvalue weighted by molar-refractivity contribution is 6.07. The molecule has 2 atom stereocenters. The number of benzene rings is 2. The zero-order valence-corrected chi connectivity index (χ0v) is 24.6. The number of halogens is 1. The fourth-order valence-electron chi connectivity index (χ4n) is 3.93. The Morgan fingerprint density at radius 1 is 0.780 bits per heavy atom. The molecule has 0 saturated carbocycles. The quantitative estimate of drug-likeness (QED) is 0.188. The highest BCUT2D eigenvalue weighted by atomic mass is 35.5. The van der Waals surface area contributed by atoms with Gasteiger partial charge in [0.25, 0.3) is 0 Å². The van der Waals surface area contributed by atoms with Crippen molar-refractivity contribution in [3.05, 3.63) is 82.6 Å². The summed E-state index contributed by atoms with van der Waals surface area (Å²) < 4.78 is 10.6. The maximum absolute atomic E-state index is 12.9. The highest BCUT2D eigenvalue weighted by Crippen LogP contribution is 2.31. The summed E-state index contributed by atoms with van der Waals surface area (Å²) in [5, 5.41) is 10.9. The van der Waals surface area contributed by atoms with Crippen molar-refractivity contribution in [3.63, 3.8) is 0 Å². The first-order chi connectivity index (χ1) is 19.0. The summed E-state index contributed by atoms with van der Waals surface area (Å²) in [6, 6.07) is 12.2. The Labute approximate surface area is 247 Å². The summed E-state index contributed by atoms with van der Waals surface area (Å²) in [5.41, 5.74) is 14.2. The fourth-order valence-corrected chi connectivity index (χ4v) is 3.93. The van der Waals surface area contributed by atoms with Crippen molar-refractivity contribution in [2.24, 2.45) is 23.3 Å². The van der Waals surface area contributed by atoms with Crippen LogP contribution in [0.25, 0.3) is 12.2 Å². The third-order valence-corrected chi connectivity index (χ3v) is 6.71. The number of aliphatic hydroxyl groups excluding tert-OH is 1. The largest absolute Gasteiger partial charge is 0.507 e. The number of hydrogen-bond donors (Lipinski definition) is 3. The second-order valence-corrected chi connectivity index (χ2v) is 10.6. The van der Waals surface area contributed by atoms with Crippen molar-refractivity contribution in [1.82, 2.24) is 0 Å². The Bertz CT molecular complexity index is 1310. The van der Waals surface area contributed by atoms with Gasteiger partial charge in [-0.1, -0.05) is 58.0 Å². The van der Waals surface area contributed by atoms with Crippen LogP contribution in [0.2, 0.25) is 0 Å². The average Bonchev–Trinajstić information content (AvgIpc) is 2.93. The van der Waals surface area contributed by atoms with Crippen LogP contribution in [-0.2, 0) is 14.4 Å². The third-order valence-electron chi connectivity index (χ3n) is 6.71. The number of hydrogen-bond acceptors (Lipinski definition) is 8. The molecule has 220 valence electrons. The van der Waals surface area contributed by atoms with Gasteiger partial charge in [-0.15, -0.1) is 12.4 Å². The van der Waals surface area contributed by atoms with E-state index in [2.05, 4.69) is 0 Å². The highest BCUT2D eigenvalue weighted by Gasteiger charge is 2.22. The molecule has 0 unspecified atom stereocenters. The maximum atomic E-state index is 12.9. The van der Waals surface area contributed by atoms with Gasteiger partial charge in [-0.05, 0) is 84.2 Å². The fraction of sp³-hybridized carbons (Fsp3) is 0.344. The number of allylic oxidation sites excluding steroid dienone is 3. The minimum absolute atomic E-state index is 0. The van der Waals surface area contributed by atoms with Crippen LogP contribution in [0.5, 0.6) is 11.5 Å². The van der Waals surface area contributed by atoms with Crippen molar-refractivity contribution in [2.75, 3.05) is 0 Å². The summed E-state index contributed by atoms with van der Waals surface area (Å²) >= 11 is 0. The molecule has 0 amide bonds. The zero-order chi connectivity index (χ0) is 29.4. The van der Waals surface area contributed by atoms with Crippen LogP contribution in [0.4, 0.5) is 0 Å². The number of carbonyl (C=O) groups excluding carboxylic acids is 3. The topological polar surface area (TPSA) is 142 Å². The molecule has 3 rings (SSSR count). The minimum Gasteiger partial charge on any atom is -0.507 e. The van der Waals surface area contributed by atoms with E-state index < -0.39 is 24.0 Å². The first-order valence-electron chi connectivity index (χ1n) is 13.5. The molecule has 1 aliphatic carbocycles. The molecule has 0 aromatic heterocycles. The molecule has 2 aromatic rings. The van der Waals surface area contributed by atoms with E-state index in [0.29, 0.717) is 35.5 Å². The molecule has 0 radical (unpaired) electrons. The molecule has 1 aliphatic rings. The van der Waals surface area contributed by atoms with E-state index in [1.54, 1.807) is 54.6 Å². The first kappa shape index (κ1) is 33.5. The van der Waals surface area contributed by atoms with Gasteiger partial charge in [0.1, 0.15) is 29.3 Å². The Morgan fingerprint density at radius 2 is 1.24 bits per heavy atom. The van der Waals surface area contributed by atoms with Crippen LogP contribution in [-0.4, -0.2) is 34.9 Å². The summed E-state index contributed by atoms with van der Waals surface area (Å²) in [6.07, 6.45) is 6.73. The van der Waals surface area contributed by atoms with Gasteiger partial charge in [0.05, 0.1) is 0 Å². The van der Waals surface area contributed by atoms with E-state index in [-0.39, 0.29) is 35.8 Å². The first-order valence-corrected chi connectivity index (χ1v) is 13.5. The van der Waals surface area contributed by atoms with Crippen molar-refractivity contribution in [2.45, 2.75) is 59.0 Å². The SMILES string of the molecule is CC(C)[C@H](N)C(=O)Oc1ccc(/C=C/C(=O)C2=C(O)/C(=C/c3ccc(OC(=O)[C@@H](N)C(C)C)cc3)CCC2)cc1.Cl. The Morgan fingerprint density at radius 3 is 1.71 bits per heavy atom. The van der Waals surface area contributed by atoms with E-state index in [9.17, 15) is 19.5 Å². The monoisotopic (exact) mass is 582 g/mol. The molecule has 0 bridgehead atoms. The molecular weight excluding hydrogens is 544 g/mol. The number of aliphatic hydroxyl groups is 1. The molecule has 41 heavy (non-hydrogen) atoms. The van der Waals surface area contributed by atoms with E-state index in [1.807, 2.05) is 33.8 Å². The smallest absolute Gasteiger partial charge is 0.328 e. The van der Waals surface area contributed by atoms with Gasteiger partial charge < -0.3 is 26.0 Å². The number of esters is 2. The Hall–Kier alpha value is -3.72. The van der Waals surface area contributed by atoms with Crippen LogP contribution in [0.1, 0.15) is 58.1 Å². The lowest BCUT2D eigenvalue weighted by molar-refractivity contribution is -0.137. The lowest BCUT2D eigenvalue weighted by Gasteiger charge is -2.17. The van der Waals surface area contributed by atoms with Crippen LogP contribution in [0.15, 0.2) is 71.5 Å². The number of ether oxygens (including phenoxy) is 2. The predicted octanol–water partition coefficient (Wildman–Crippen LogP) is 5.55. The minimum atomic E-state index is -0.703. The number of rotatable bonds is 10. The molecule has 9 heteroatoms. The molecular formula is C32H39ClN2O6. The van der Waals surface area contributed by atoms with Crippen LogP contribution >= 0.6 is 12.4 Å². The molecule has 8 nitrogen and oxygen atoms in total.